The third kappa shape index (κ3) is 3.14. The minimum atomic E-state index is -1.38. The summed E-state index contributed by atoms with van der Waals surface area (Å²) < 4.78 is 2.75. The number of rotatable bonds is 4. The Balaban J connectivity index is 2.45. The van der Waals surface area contributed by atoms with Crippen molar-refractivity contribution in [2.24, 2.45) is 0 Å². The fourth-order valence-corrected chi connectivity index (χ4v) is 17.5. The van der Waals surface area contributed by atoms with Gasteiger partial charge in [-0.05, 0) is 35.7 Å². The summed E-state index contributed by atoms with van der Waals surface area (Å²) in [6.45, 7) is 12.7. The van der Waals surface area contributed by atoms with E-state index in [1.54, 1.807) is 6.07 Å². The Morgan fingerprint density at radius 1 is 1.19 bits per heavy atom. The van der Waals surface area contributed by atoms with Crippen molar-refractivity contribution in [2.45, 2.75) is 58.2 Å². The number of aryl methyl sites for hydroxylation is 1. The van der Waals surface area contributed by atoms with Crippen LogP contribution in [0, 0.1) is 0 Å². The van der Waals surface area contributed by atoms with Crippen molar-refractivity contribution in [1.29, 1.82) is 0 Å². The Hall–Kier alpha value is -0.916. The maximum absolute atomic E-state index is 11.6. The molecule has 1 fully saturated rings. The maximum atomic E-state index is 11.6. The van der Waals surface area contributed by atoms with E-state index in [9.17, 15) is 9.90 Å². The lowest BCUT2D eigenvalue weighted by Gasteiger charge is -2.39. The number of benzene rings is 1. The molecule has 1 aliphatic rings. The van der Waals surface area contributed by atoms with Crippen LogP contribution in [0.2, 0.25) is 38.3 Å². The van der Waals surface area contributed by atoms with E-state index < -0.39 is 22.4 Å². The fraction of sp³-hybridized carbons (Fsp3) is 0.562. The van der Waals surface area contributed by atoms with E-state index in [1.807, 2.05) is 6.07 Å². The Morgan fingerprint density at radius 3 is 2.24 bits per heavy atom. The molecule has 1 N–H and O–H groups in total. The summed E-state index contributed by atoms with van der Waals surface area (Å²) in [5.41, 5.74) is 2.74. The number of aromatic carboxylic acids is 1. The smallest absolute Gasteiger partial charge is 0.336 e. The second kappa shape index (κ2) is 5.70. The summed E-state index contributed by atoms with van der Waals surface area (Å²) >= 11 is 0. The third-order valence-corrected chi connectivity index (χ3v) is 15.3. The van der Waals surface area contributed by atoms with Crippen LogP contribution in [0.3, 0.4) is 0 Å². The number of hydrogen-bond acceptors (Lipinski definition) is 2. The lowest BCUT2D eigenvalue weighted by atomic mass is 9.99. The van der Waals surface area contributed by atoms with Crippen LogP contribution in [-0.4, -0.2) is 31.8 Å². The Morgan fingerprint density at radius 2 is 1.76 bits per heavy atom. The second-order valence-corrected chi connectivity index (χ2v) is 17.1. The number of nitrogens with zero attached hydrogens (tertiary/aromatic N) is 1. The molecule has 1 saturated heterocycles. The zero-order chi connectivity index (χ0) is 15.8. The van der Waals surface area contributed by atoms with E-state index in [4.69, 9.17) is 0 Å². The first-order chi connectivity index (χ1) is 9.69. The van der Waals surface area contributed by atoms with E-state index in [0.717, 1.165) is 18.5 Å². The summed E-state index contributed by atoms with van der Waals surface area (Å²) in [6.07, 6.45) is 0.897. The van der Waals surface area contributed by atoms with Gasteiger partial charge in [0.05, 0.1) is 5.56 Å². The molecule has 1 heterocycles. The largest absolute Gasteiger partial charge is 0.478 e. The molecule has 2 rings (SSSR count). The van der Waals surface area contributed by atoms with Crippen LogP contribution in [0.25, 0.3) is 0 Å². The van der Waals surface area contributed by atoms with Gasteiger partial charge in [-0.15, -0.1) is 0 Å². The Labute approximate surface area is 130 Å². The first-order valence-corrected chi connectivity index (χ1v) is 14.1. The van der Waals surface area contributed by atoms with Gasteiger partial charge in [0.2, 0.25) is 0 Å². The Kier molecular flexibility index (Phi) is 4.47. The van der Waals surface area contributed by atoms with Crippen LogP contribution >= 0.6 is 0 Å². The highest BCUT2D eigenvalue weighted by Gasteiger charge is 2.47. The SMILES string of the molecule is CCc1cccc(C(=O)O)c1CN1[Si](C)(C)CC[Si]1(C)C. The summed E-state index contributed by atoms with van der Waals surface area (Å²) in [7, 11) is -2.76. The molecule has 1 aromatic rings. The summed E-state index contributed by atoms with van der Waals surface area (Å²) in [4.78, 5) is 11.6. The second-order valence-electron chi connectivity index (χ2n) is 7.31. The van der Waals surface area contributed by atoms with Crippen LogP contribution in [0.4, 0.5) is 0 Å². The van der Waals surface area contributed by atoms with Crippen molar-refractivity contribution in [3.05, 3.63) is 34.9 Å². The highest BCUT2D eigenvalue weighted by molar-refractivity contribution is 6.95. The van der Waals surface area contributed by atoms with Crippen molar-refractivity contribution >= 4 is 22.4 Å². The summed E-state index contributed by atoms with van der Waals surface area (Å²) in [6, 6.07) is 8.42. The van der Waals surface area contributed by atoms with Gasteiger partial charge in [-0.3, -0.25) is 0 Å². The highest BCUT2D eigenvalue weighted by atomic mass is 28.4. The van der Waals surface area contributed by atoms with E-state index >= 15 is 0 Å². The molecule has 0 aliphatic carbocycles. The van der Waals surface area contributed by atoms with Crippen LogP contribution in [0.5, 0.6) is 0 Å². The van der Waals surface area contributed by atoms with Gasteiger partial charge in [0.15, 0.2) is 0 Å². The van der Waals surface area contributed by atoms with Crippen LogP contribution in [0.15, 0.2) is 18.2 Å². The molecular formula is C16H27NO2Si2. The lowest BCUT2D eigenvalue weighted by Crippen LogP contribution is -2.54. The number of carboxylic acids is 1. The number of carbonyl (C=O) groups is 1. The summed E-state index contributed by atoms with van der Waals surface area (Å²) in [5.74, 6) is -0.793. The average Bonchev–Trinajstić information content (AvgIpc) is 2.61. The van der Waals surface area contributed by atoms with Crippen LogP contribution < -0.4 is 0 Å². The van der Waals surface area contributed by atoms with Crippen LogP contribution in [-0.2, 0) is 13.0 Å². The van der Waals surface area contributed by atoms with Gasteiger partial charge in [-0.25, -0.2) is 4.79 Å². The summed E-state index contributed by atoms with van der Waals surface area (Å²) in [5, 5.41) is 9.52. The normalized spacial score (nSPS) is 20.6. The lowest BCUT2D eigenvalue weighted by molar-refractivity contribution is 0.0695. The minimum Gasteiger partial charge on any atom is -0.478 e. The maximum Gasteiger partial charge on any atom is 0.336 e. The van der Waals surface area contributed by atoms with Crippen molar-refractivity contribution in [3.63, 3.8) is 0 Å². The predicted octanol–water partition coefficient (Wildman–Crippen LogP) is 4.17. The molecule has 1 aliphatic heterocycles. The van der Waals surface area contributed by atoms with Crippen molar-refractivity contribution in [3.8, 4) is 0 Å². The molecular weight excluding hydrogens is 294 g/mol. The van der Waals surface area contributed by atoms with Gasteiger partial charge in [0.1, 0.15) is 16.5 Å². The van der Waals surface area contributed by atoms with Crippen LogP contribution in [0.1, 0.15) is 28.4 Å². The fourth-order valence-electron chi connectivity index (χ4n) is 3.64. The molecule has 0 unspecified atom stereocenters. The Bertz CT molecular complexity index is 539. The zero-order valence-electron chi connectivity index (χ0n) is 13.9. The molecule has 0 bridgehead atoms. The highest BCUT2D eigenvalue weighted by Crippen LogP contribution is 2.38. The number of hydrogen-bond donors (Lipinski definition) is 1. The van der Waals surface area contributed by atoms with E-state index in [-0.39, 0.29) is 0 Å². The quantitative estimate of drug-likeness (QED) is 0.846. The molecule has 1 aromatic carbocycles. The molecule has 0 amide bonds. The van der Waals surface area contributed by atoms with Gasteiger partial charge in [0, 0.05) is 6.54 Å². The molecule has 3 nitrogen and oxygen atoms in total. The molecule has 0 aromatic heterocycles. The van der Waals surface area contributed by atoms with Crippen molar-refractivity contribution < 1.29 is 9.90 Å². The average molecular weight is 322 g/mol. The standard InChI is InChI=1S/C16H27NO2Si2/c1-6-13-8-7-9-14(16(18)19)15(13)12-17-20(2,3)10-11-21(17,4)5/h7-9H,6,10-12H2,1-5H3,(H,18,19). The van der Waals surface area contributed by atoms with E-state index in [2.05, 4.69) is 43.4 Å². The molecule has 0 radical (unpaired) electrons. The first-order valence-electron chi connectivity index (χ1n) is 7.81. The van der Waals surface area contributed by atoms with Gasteiger partial charge >= 0.3 is 5.97 Å². The van der Waals surface area contributed by atoms with Crippen molar-refractivity contribution in [2.75, 3.05) is 0 Å². The van der Waals surface area contributed by atoms with Crippen molar-refractivity contribution in [1.82, 2.24) is 4.23 Å². The molecule has 0 atom stereocenters. The van der Waals surface area contributed by atoms with E-state index in [1.165, 1.54) is 17.7 Å². The molecule has 21 heavy (non-hydrogen) atoms. The predicted molar refractivity (Wildman–Crippen MR) is 92.9 cm³/mol. The molecule has 5 heteroatoms. The first kappa shape index (κ1) is 16.5. The third-order valence-electron chi connectivity index (χ3n) is 5.01. The minimum absolute atomic E-state index is 0.496. The van der Waals surface area contributed by atoms with Gasteiger partial charge in [0.25, 0.3) is 0 Å². The monoisotopic (exact) mass is 321 g/mol. The topological polar surface area (TPSA) is 40.5 Å². The van der Waals surface area contributed by atoms with Gasteiger partial charge < -0.3 is 9.34 Å². The van der Waals surface area contributed by atoms with Gasteiger partial charge in [-0.2, -0.15) is 0 Å². The molecule has 0 spiro atoms. The molecule has 116 valence electrons. The molecule has 0 saturated carbocycles. The number of carboxylic acid groups (broad SMARTS) is 1. The zero-order valence-corrected chi connectivity index (χ0v) is 15.9. The van der Waals surface area contributed by atoms with Gasteiger partial charge in [-0.1, -0.05) is 45.2 Å². The van der Waals surface area contributed by atoms with E-state index in [0.29, 0.717) is 5.56 Å².